The maximum atomic E-state index is 13.5. The van der Waals surface area contributed by atoms with E-state index in [0.29, 0.717) is 24.8 Å². The lowest BCUT2D eigenvalue weighted by molar-refractivity contribution is -0.282. The molecule has 0 amide bonds. The Bertz CT molecular complexity index is 1620. The number of hydrogen-bond donors (Lipinski definition) is 2. The Morgan fingerprint density at radius 3 is 2.77 bits per heavy atom. The second kappa shape index (κ2) is 7.53. The van der Waals surface area contributed by atoms with E-state index in [2.05, 4.69) is 48.1 Å². The van der Waals surface area contributed by atoms with Crippen molar-refractivity contribution in [3.05, 3.63) is 65.4 Å². The molecule has 3 aromatic rings. The Balaban J connectivity index is 1.32. The molecule has 8 heteroatoms. The first-order valence-electron chi connectivity index (χ1n) is 14.5. The highest BCUT2D eigenvalue weighted by molar-refractivity contribution is 5.97. The Hall–Kier alpha value is -2.78. The molecule has 7 atom stereocenters. The van der Waals surface area contributed by atoms with Gasteiger partial charge in [0.15, 0.2) is 17.7 Å². The van der Waals surface area contributed by atoms with Crippen LogP contribution in [0.15, 0.2) is 48.3 Å². The van der Waals surface area contributed by atoms with Crippen LogP contribution in [0.5, 0.6) is 0 Å². The molecule has 5 aliphatic rings. The molecule has 1 unspecified atom stereocenters. The smallest absolute Gasteiger partial charge is 0.195 e. The Kier molecular flexibility index (Phi) is 4.70. The van der Waals surface area contributed by atoms with Crippen LogP contribution >= 0.6 is 0 Å². The summed E-state index contributed by atoms with van der Waals surface area (Å²) in [6.07, 6.45) is 6.79. The molecular weight excluding hydrogens is 506 g/mol. The summed E-state index contributed by atoms with van der Waals surface area (Å²) in [6.45, 7) is 8.57. The van der Waals surface area contributed by atoms with Crippen LogP contribution in [0.25, 0.3) is 10.9 Å². The number of aromatic amines is 1. The quantitative estimate of drug-likeness (QED) is 0.513. The Labute approximate surface area is 233 Å². The number of carbonyl (C=O) groups excluding carboxylic acids is 1. The summed E-state index contributed by atoms with van der Waals surface area (Å²) in [5, 5.41) is 14.6. The lowest BCUT2D eigenvalue weighted by Gasteiger charge is -2.67. The van der Waals surface area contributed by atoms with Crippen LogP contribution in [0.3, 0.4) is 0 Å². The standard InChI is InChI=1S/C32H37N3O5/c1-28(2)27-22(36)16-23-31(39-27,40-28)11-10-29(3)30(4)18(14-20-19-8-6-7-9-21(19)34-26(20)30)15-24(32(23,29)37)38-17-25-33-12-13-35(25)5/h6-9,12-13,16,18,24,27,34,37H,10-11,14-15,17H2,1-5H3/t18-,24+,27+,29-,30-,31?,32+/m1/s1. The summed E-state index contributed by atoms with van der Waals surface area (Å²) in [4.78, 5) is 21.8. The summed E-state index contributed by atoms with van der Waals surface area (Å²) < 4.78 is 21.7. The Morgan fingerprint density at radius 2 is 2.00 bits per heavy atom. The Morgan fingerprint density at radius 1 is 1.20 bits per heavy atom. The highest BCUT2D eigenvalue weighted by Crippen LogP contribution is 2.72. The SMILES string of the molecule is Cn1ccnc1CO[C@H]1C[C@H]2Cc3c([nH]c4ccccc34)[C@]2(C)[C@@]2(C)CCC34O[C@@H](C(=O)C=C3[C@]12O)C(C)(C)O4. The maximum Gasteiger partial charge on any atom is 0.195 e. The van der Waals surface area contributed by atoms with Gasteiger partial charge in [0.1, 0.15) is 23.6 Å². The van der Waals surface area contributed by atoms with Crippen LogP contribution in [0.4, 0.5) is 0 Å². The number of H-pyrrole nitrogens is 1. The molecule has 8 rings (SSSR count). The van der Waals surface area contributed by atoms with Crippen LogP contribution in [0.2, 0.25) is 0 Å². The molecule has 210 valence electrons. The van der Waals surface area contributed by atoms with Crippen molar-refractivity contribution in [2.24, 2.45) is 18.4 Å². The number of fused-ring (bicyclic) bond motifs is 9. The predicted octanol–water partition coefficient (Wildman–Crippen LogP) is 4.25. The van der Waals surface area contributed by atoms with Crippen molar-refractivity contribution >= 4 is 16.7 Å². The third kappa shape index (κ3) is 2.72. The number of hydrogen-bond acceptors (Lipinski definition) is 6. The number of benzene rings is 1. The van der Waals surface area contributed by atoms with Crippen molar-refractivity contribution in [2.45, 2.75) is 94.6 Å². The van der Waals surface area contributed by atoms with E-state index in [1.807, 2.05) is 31.7 Å². The molecule has 3 aliphatic carbocycles. The van der Waals surface area contributed by atoms with Crippen LogP contribution in [-0.2, 0) is 44.5 Å². The molecule has 8 nitrogen and oxygen atoms in total. The number of nitrogens with zero attached hydrogens (tertiary/aromatic N) is 2. The van der Waals surface area contributed by atoms with E-state index < -0.39 is 40.0 Å². The molecule has 1 spiro atoms. The van der Waals surface area contributed by atoms with Crippen LogP contribution in [-0.4, -0.2) is 54.6 Å². The topological polar surface area (TPSA) is 98.6 Å². The molecule has 4 heterocycles. The summed E-state index contributed by atoms with van der Waals surface area (Å²) >= 11 is 0. The minimum atomic E-state index is -1.51. The molecule has 2 aliphatic heterocycles. The van der Waals surface area contributed by atoms with Gasteiger partial charge in [0, 0.05) is 58.9 Å². The number of aliphatic hydroxyl groups is 1. The second-order valence-electron chi connectivity index (χ2n) is 13.6. The molecule has 2 aromatic heterocycles. The number of aromatic nitrogens is 3. The number of aryl methyl sites for hydroxylation is 1. The molecule has 40 heavy (non-hydrogen) atoms. The molecule has 2 saturated carbocycles. The normalized spacial score (nSPS) is 40.9. The van der Waals surface area contributed by atoms with E-state index in [0.717, 1.165) is 17.8 Å². The summed E-state index contributed by atoms with van der Waals surface area (Å²) in [7, 11) is 1.94. The number of carbonyl (C=O) groups is 1. The zero-order chi connectivity index (χ0) is 27.9. The fraction of sp³-hybridized carbons (Fsp3) is 0.562. The lowest BCUT2D eigenvalue weighted by atomic mass is 9.41. The van der Waals surface area contributed by atoms with Crippen LogP contribution in [0.1, 0.15) is 64.0 Å². The minimum absolute atomic E-state index is 0.154. The molecule has 0 radical (unpaired) electrons. The van der Waals surface area contributed by atoms with Gasteiger partial charge in [-0.15, -0.1) is 0 Å². The number of ketones is 1. The first-order chi connectivity index (χ1) is 18.9. The zero-order valence-electron chi connectivity index (χ0n) is 23.8. The second-order valence-corrected chi connectivity index (χ2v) is 13.6. The summed E-state index contributed by atoms with van der Waals surface area (Å²) in [5.74, 6) is -0.265. The number of nitrogens with one attached hydrogen (secondary N) is 1. The average molecular weight is 544 g/mol. The van der Waals surface area contributed by atoms with Gasteiger partial charge < -0.3 is 28.9 Å². The van der Waals surface area contributed by atoms with E-state index in [4.69, 9.17) is 14.2 Å². The largest absolute Gasteiger partial charge is 0.382 e. The van der Waals surface area contributed by atoms with E-state index in [1.165, 1.54) is 16.6 Å². The average Bonchev–Trinajstić information content (AvgIpc) is 3.62. The van der Waals surface area contributed by atoms with E-state index in [9.17, 15) is 9.90 Å². The third-order valence-corrected chi connectivity index (χ3v) is 11.6. The van der Waals surface area contributed by atoms with Gasteiger partial charge in [-0.1, -0.05) is 32.0 Å². The van der Waals surface area contributed by atoms with E-state index in [-0.39, 0.29) is 18.3 Å². The minimum Gasteiger partial charge on any atom is -0.382 e. The molecular formula is C32H37N3O5. The molecule has 2 N–H and O–H groups in total. The maximum absolute atomic E-state index is 13.5. The van der Waals surface area contributed by atoms with Crippen molar-refractivity contribution in [3.63, 3.8) is 0 Å². The van der Waals surface area contributed by atoms with Gasteiger partial charge in [-0.05, 0) is 56.7 Å². The first-order valence-corrected chi connectivity index (χ1v) is 14.5. The van der Waals surface area contributed by atoms with Gasteiger partial charge in [0.05, 0.1) is 6.10 Å². The van der Waals surface area contributed by atoms with E-state index >= 15 is 0 Å². The molecule has 1 aromatic carbocycles. The number of imidazole rings is 1. The van der Waals surface area contributed by atoms with Crippen LogP contribution < -0.4 is 0 Å². The van der Waals surface area contributed by atoms with Gasteiger partial charge in [-0.3, -0.25) is 4.79 Å². The van der Waals surface area contributed by atoms with Gasteiger partial charge >= 0.3 is 0 Å². The van der Waals surface area contributed by atoms with E-state index in [1.54, 1.807) is 12.3 Å². The van der Waals surface area contributed by atoms with Gasteiger partial charge in [-0.25, -0.2) is 4.98 Å². The van der Waals surface area contributed by atoms with Crippen molar-refractivity contribution in [3.8, 4) is 0 Å². The fourth-order valence-corrected chi connectivity index (χ4v) is 9.30. The highest BCUT2D eigenvalue weighted by atomic mass is 16.8. The summed E-state index contributed by atoms with van der Waals surface area (Å²) in [5.41, 5.74) is 0.810. The molecule has 1 saturated heterocycles. The fourth-order valence-electron chi connectivity index (χ4n) is 9.30. The monoisotopic (exact) mass is 543 g/mol. The van der Waals surface area contributed by atoms with Gasteiger partial charge in [0.2, 0.25) is 0 Å². The van der Waals surface area contributed by atoms with Crippen molar-refractivity contribution < 1.29 is 24.1 Å². The third-order valence-electron chi connectivity index (χ3n) is 11.6. The van der Waals surface area contributed by atoms with Gasteiger partial charge in [0.25, 0.3) is 0 Å². The van der Waals surface area contributed by atoms with Crippen molar-refractivity contribution in [1.82, 2.24) is 14.5 Å². The van der Waals surface area contributed by atoms with Gasteiger partial charge in [-0.2, -0.15) is 0 Å². The predicted molar refractivity (Wildman–Crippen MR) is 147 cm³/mol. The zero-order valence-corrected chi connectivity index (χ0v) is 23.8. The van der Waals surface area contributed by atoms with Crippen molar-refractivity contribution in [2.75, 3.05) is 0 Å². The van der Waals surface area contributed by atoms with Crippen LogP contribution in [0, 0.1) is 11.3 Å². The first kappa shape index (κ1) is 25.0. The molecule has 2 bridgehead atoms. The number of rotatable bonds is 3. The number of ether oxygens (including phenoxy) is 3. The highest BCUT2D eigenvalue weighted by Gasteiger charge is 2.78. The van der Waals surface area contributed by atoms with Crippen molar-refractivity contribution in [1.29, 1.82) is 0 Å². The number of para-hydroxylation sites is 1. The summed E-state index contributed by atoms with van der Waals surface area (Å²) in [6, 6.07) is 8.47. The lowest BCUT2D eigenvalue weighted by Crippen LogP contribution is -2.74. The molecule has 3 fully saturated rings.